The Morgan fingerprint density at radius 2 is 2.07 bits per heavy atom. The number of pyridine rings is 1. The van der Waals surface area contributed by atoms with E-state index >= 15 is 0 Å². The van der Waals surface area contributed by atoms with Gasteiger partial charge in [-0.25, -0.2) is 27.3 Å². The van der Waals surface area contributed by atoms with Crippen molar-refractivity contribution in [3.05, 3.63) is 23.4 Å². The fraction of sp³-hybridized carbons (Fsp3) is 0.286. The minimum Gasteiger partial charge on any atom is -0.326 e. The molecule has 0 fully saturated rings. The minimum atomic E-state index is -4.13. The summed E-state index contributed by atoms with van der Waals surface area (Å²) in [7, 11) is -4.13. The molecule has 0 spiro atoms. The van der Waals surface area contributed by atoms with Crippen LogP contribution in [0.15, 0.2) is 17.3 Å². The Morgan fingerprint density at radius 1 is 1.47 bits per heavy atom. The van der Waals surface area contributed by atoms with Crippen molar-refractivity contribution in [1.82, 2.24) is 4.98 Å². The van der Waals surface area contributed by atoms with Crippen LogP contribution in [0, 0.1) is 0 Å². The van der Waals surface area contributed by atoms with Crippen molar-refractivity contribution in [1.29, 1.82) is 0 Å². The Kier molecular flexibility index (Phi) is 3.32. The molecule has 0 aliphatic rings. The van der Waals surface area contributed by atoms with Crippen LogP contribution in [-0.2, 0) is 16.6 Å². The van der Waals surface area contributed by atoms with Gasteiger partial charge in [0.2, 0.25) is 0 Å². The van der Waals surface area contributed by atoms with Gasteiger partial charge in [0.05, 0.1) is 0 Å². The van der Waals surface area contributed by atoms with Crippen LogP contribution < -0.4 is 10.9 Å². The lowest BCUT2D eigenvalue weighted by molar-refractivity contribution is 0.149. The summed E-state index contributed by atoms with van der Waals surface area (Å²) in [5.74, 6) is 0. The lowest BCUT2D eigenvalue weighted by Crippen LogP contribution is -2.19. The third-order valence-electron chi connectivity index (χ3n) is 1.76. The normalized spacial score (nSPS) is 12.1. The largest absolute Gasteiger partial charge is 0.326 e. The van der Waals surface area contributed by atoms with Gasteiger partial charge < -0.3 is 5.73 Å². The molecule has 0 radical (unpaired) electrons. The van der Waals surface area contributed by atoms with E-state index in [0.29, 0.717) is 0 Å². The zero-order valence-corrected chi connectivity index (χ0v) is 8.34. The van der Waals surface area contributed by atoms with Gasteiger partial charge in [-0.2, -0.15) is 0 Å². The molecule has 0 aliphatic carbocycles. The summed E-state index contributed by atoms with van der Waals surface area (Å²) in [4.78, 5) is 3.44. The van der Waals surface area contributed by atoms with Crippen LogP contribution in [0.5, 0.6) is 0 Å². The van der Waals surface area contributed by atoms with Crippen molar-refractivity contribution < 1.29 is 17.2 Å². The molecule has 0 saturated carbocycles. The van der Waals surface area contributed by atoms with Gasteiger partial charge in [0, 0.05) is 23.9 Å². The third-order valence-corrected chi connectivity index (χ3v) is 2.65. The SMILES string of the molecule is NCc1c(C(F)F)ccnc1S(N)(=O)=O. The number of halogens is 2. The molecule has 1 rings (SSSR count). The van der Waals surface area contributed by atoms with Gasteiger partial charge in [-0.05, 0) is 6.07 Å². The first-order valence-corrected chi connectivity index (χ1v) is 5.41. The molecule has 1 aromatic heterocycles. The van der Waals surface area contributed by atoms with E-state index in [0.717, 1.165) is 12.3 Å². The summed E-state index contributed by atoms with van der Waals surface area (Å²) in [6.45, 7) is -0.362. The first-order valence-electron chi connectivity index (χ1n) is 3.86. The lowest BCUT2D eigenvalue weighted by Gasteiger charge is -2.09. The highest BCUT2D eigenvalue weighted by Crippen LogP contribution is 2.25. The van der Waals surface area contributed by atoms with Crippen molar-refractivity contribution in [3.8, 4) is 0 Å². The fourth-order valence-corrected chi connectivity index (χ4v) is 1.89. The zero-order valence-electron chi connectivity index (χ0n) is 7.52. The van der Waals surface area contributed by atoms with Gasteiger partial charge in [-0.15, -0.1) is 0 Å². The van der Waals surface area contributed by atoms with E-state index in [4.69, 9.17) is 10.9 Å². The number of aromatic nitrogens is 1. The first kappa shape index (κ1) is 12.0. The molecule has 84 valence electrons. The zero-order chi connectivity index (χ0) is 11.6. The topological polar surface area (TPSA) is 99.1 Å². The van der Waals surface area contributed by atoms with E-state index in [1.54, 1.807) is 0 Å². The Balaban J connectivity index is 3.49. The highest BCUT2D eigenvalue weighted by Gasteiger charge is 2.21. The molecule has 4 N–H and O–H groups in total. The molecule has 15 heavy (non-hydrogen) atoms. The molecule has 1 heterocycles. The van der Waals surface area contributed by atoms with E-state index < -0.39 is 27.0 Å². The molecule has 0 bridgehead atoms. The standard InChI is InChI=1S/C7H9F2N3O2S/c8-6(9)4-1-2-12-7(5(4)3-10)15(11,13)14/h1-2,6H,3,10H2,(H2,11,13,14). The summed E-state index contributed by atoms with van der Waals surface area (Å²) >= 11 is 0. The molecule has 0 amide bonds. The second-order valence-electron chi connectivity index (χ2n) is 2.73. The molecule has 8 heteroatoms. The number of alkyl halides is 2. The van der Waals surface area contributed by atoms with Gasteiger partial charge in [0.15, 0.2) is 5.03 Å². The maximum absolute atomic E-state index is 12.5. The molecule has 1 aromatic rings. The molecule has 5 nitrogen and oxygen atoms in total. The predicted octanol–water partition coefficient (Wildman–Crippen LogP) is 0.125. The van der Waals surface area contributed by atoms with Gasteiger partial charge in [0.1, 0.15) is 0 Å². The lowest BCUT2D eigenvalue weighted by atomic mass is 10.1. The Labute approximate surface area is 85.2 Å². The molecular weight excluding hydrogens is 228 g/mol. The second kappa shape index (κ2) is 4.17. The van der Waals surface area contributed by atoms with Gasteiger partial charge in [-0.1, -0.05) is 0 Å². The quantitative estimate of drug-likeness (QED) is 0.780. The minimum absolute atomic E-state index is 0.241. The number of sulfonamides is 1. The van der Waals surface area contributed by atoms with Crippen LogP contribution in [-0.4, -0.2) is 13.4 Å². The van der Waals surface area contributed by atoms with E-state index in [2.05, 4.69) is 4.98 Å². The van der Waals surface area contributed by atoms with Crippen LogP contribution in [0.25, 0.3) is 0 Å². The van der Waals surface area contributed by atoms with Crippen LogP contribution in [0.1, 0.15) is 17.6 Å². The molecule has 0 aromatic carbocycles. The monoisotopic (exact) mass is 237 g/mol. The number of primary sulfonamides is 1. The molecule has 0 atom stereocenters. The van der Waals surface area contributed by atoms with Gasteiger partial charge in [-0.3, -0.25) is 0 Å². The number of nitrogens with zero attached hydrogens (tertiary/aromatic N) is 1. The summed E-state index contributed by atoms with van der Waals surface area (Å²) in [5, 5.41) is 4.22. The Hall–Kier alpha value is -1.12. The summed E-state index contributed by atoms with van der Waals surface area (Å²) < 4.78 is 46.9. The molecular formula is C7H9F2N3O2S. The van der Waals surface area contributed by atoms with E-state index in [9.17, 15) is 17.2 Å². The van der Waals surface area contributed by atoms with Crippen LogP contribution in [0.2, 0.25) is 0 Å². The Bertz CT molecular complexity index is 461. The molecule has 0 aliphatic heterocycles. The summed E-state index contributed by atoms with van der Waals surface area (Å²) in [6, 6.07) is 1.02. The van der Waals surface area contributed by atoms with Crippen LogP contribution in [0.3, 0.4) is 0 Å². The van der Waals surface area contributed by atoms with Crippen molar-refractivity contribution in [3.63, 3.8) is 0 Å². The number of nitrogens with two attached hydrogens (primary N) is 2. The van der Waals surface area contributed by atoms with E-state index in [1.807, 2.05) is 0 Å². The third kappa shape index (κ3) is 2.46. The number of hydrogen-bond acceptors (Lipinski definition) is 4. The summed E-state index contributed by atoms with van der Waals surface area (Å²) in [5.41, 5.74) is 4.49. The fourth-order valence-electron chi connectivity index (χ4n) is 1.14. The van der Waals surface area contributed by atoms with Crippen molar-refractivity contribution in [2.45, 2.75) is 18.0 Å². The van der Waals surface area contributed by atoms with Crippen molar-refractivity contribution in [2.75, 3.05) is 0 Å². The smallest absolute Gasteiger partial charge is 0.264 e. The van der Waals surface area contributed by atoms with E-state index in [-0.39, 0.29) is 12.1 Å². The number of rotatable bonds is 3. The van der Waals surface area contributed by atoms with Crippen molar-refractivity contribution in [2.24, 2.45) is 10.9 Å². The average Bonchev–Trinajstić information content (AvgIpc) is 2.15. The average molecular weight is 237 g/mol. The van der Waals surface area contributed by atoms with Gasteiger partial charge >= 0.3 is 0 Å². The highest BCUT2D eigenvalue weighted by molar-refractivity contribution is 7.89. The van der Waals surface area contributed by atoms with Crippen LogP contribution in [0.4, 0.5) is 8.78 Å². The number of hydrogen-bond donors (Lipinski definition) is 2. The summed E-state index contributed by atoms with van der Waals surface area (Å²) in [6.07, 6.45) is -1.85. The Morgan fingerprint density at radius 3 is 2.47 bits per heavy atom. The van der Waals surface area contributed by atoms with Crippen molar-refractivity contribution >= 4 is 10.0 Å². The first-order chi connectivity index (χ1) is 6.88. The van der Waals surface area contributed by atoms with Gasteiger partial charge in [0.25, 0.3) is 16.4 Å². The van der Waals surface area contributed by atoms with E-state index in [1.165, 1.54) is 0 Å². The highest BCUT2D eigenvalue weighted by atomic mass is 32.2. The molecule has 0 unspecified atom stereocenters. The second-order valence-corrected chi connectivity index (χ2v) is 4.21. The predicted molar refractivity (Wildman–Crippen MR) is 48.5 cm³/mol. The maximum Gasteiger partial charge on any atom is 0.264 e. The molecule has 0 saturated heterocycles. The van der Waals surface area contributed by atoms with Crippen LogP contribution >= 0.6 is 0 Å². The maximum atomic E-state index is 12.5.